The van der Waals surface area contributed by atoms with Gasteiger partial charge in [-0.2, -0.15) is 5.10 Å². The highest BCUT2D eigenvalue weighted by molar-refractivity contribution is 5.99. The molecule has 1 aromatic rings. The first kappa shape index (κ1) is 11.6. The normalized spacial score (nSPS) is 16.2. The fraction of sp³-hybridized carbons (Fsp3) is 0.545. The first-order valence-corrected chi connectivity index (χ1v) is 5.70. The van der Waals surface area contributed by atoms with Gasteiger partial charge in [0.25, 0.3) is 0 Å². The van der Waals surface area contributed by atoms with Gasteiger partial charge in [0.2, 0.25) is 11.8 Å². The van der Waals surface area contributed by atoms with Gasteiger partial charge in [-0.1, -0.05) is 0 Å². The zero-order valence-electron chi connectivity index (χ0n) is 9.99. The molecule has 0 aliphatic carbocycles. The van der Waals surface area contributed by atoms with Crippen LogP contribution in [0.25, 0.3) is 0 Å². The van der Waals surface area contributed by atoms with E-state index in [4.69, 9.17) is 0 Å². The number of H-pyrrole nitrogens is 1. The number of rotatable bonds is 2. The molecule has 2 N–H and O–H groups in total. The molecule has 2 amide bonds. The van der Waals surface area contributed by atoms with Crippen LogP contribution in [0.4, 0.5) is 5.69 Å². The Balaban J connectivity index is 2.14. The van der Waals surface area contributed by atoms with Crippen LogP contribution in [0.3, 0.4) is 0 Å². The molecule has 6 nitrogen and oxygen atoms in total. The highest BCUT2D eigenvalue weighted by Crippen LogP contribution is 2.25. The van der Waals surface area contributed by atoms with E-state index in [1.165, 1.54) is 6.92 Å². The van der Waals surface area contributed by atoms with Gasteiger partial charge in [0.1, 0.15) is 6.04 Å². The zero-order chi connectivity index (χ0) is 12.4. The van der Waals surface area contributed by atoms with E-state index in [0.29, 0.717) is 6.54 Å². The molecule has 1 unspecified atom stereocenters. The lowest BCUT2D eigenvalue weighted by Gasteiger charge is -2.28. The minimum Gasteiger partial charge on any atom is -0.345 e. The molecule has 2 rings (SSSR count). The number of aromatic amines is 1. The molecule has 1 atom stereocenters. The minimum absolute atomic E-state index is 0.0949. The second kappa shape index (κ2) is 4.57. The molecule has 0 saturated carbocycles. The molecule has 1 aliphatic rings. The SMILES string of the molecule is CC(=O)NC(C)C(=O)N1CCCc2[nH]ncc21. The Kier molecular flexibility index (Phi) is 3.12. The summed E-state index contributed by atoms with van der Waals surface area (Å²) < 4.78 is 0. The second-order valence-electron chi connectivity index (χ2n) is 4.25. The smallest absolute Gasteiger partial charge is 0.249 e. The Morgan fingerprint density at radius 1 is 1.59 bits per heavy atom. The third-order valence-corrected chi connectivity index (χ3v) is 2.85. The average Bonchev–Trinajstić information content (AvgIpc) is 2.74. The molecule has 0 spiro atoms. The molecule has 1 aromatic heterocycles. The molecule has 0 fully saturated rings. The molecule has 2 heterocycles. The Labute approximate surface area is 99.4 Å². The van der Waals surface area contributed by atoms with Gasteiger partial charge in [0.05, 0.1) is 17.6 Å². The largest absolute Gasteiger partial charge is 0.345 e. The number of carbonyl (C=O) groups excluding carboxylic acids is 2. The number of hydrogen-bond acceptors (Lipinski definition) is 3. The van der Waals surface area contributed by atoms with E-state index >= 15 is 0 Å². The highest BCUT2D eigenvalue weighted by atomic mass is 16.2. The molecule has 92 valence electrons. The monoisotopic (exact) mass is 236 g/mol. The number of aryl methyl sites for hydroxylation is 1. The van der Waals surface area contributed by atoms with Crippen LogP contribution < -0.4 is 10.2 Å². The molecular weight excluding hydrogens is 220 g/mol. The van der Waals surface area contributed by atoms with Gasteiger partial charge in [-0.15, -0.1) is 0 Å². The number of fused-ring (bicyclic) bond motifs is 1. The van der Waals surface area contributed by atoms with E-state index in [0.717, 1.165) is 24.2 Å². The van der Waals surface area contributed by atoms with Crippen LogP contribution in [0.1, 0.15) is 26.0 Å². The predicted octanol–water partition coefficient (Wildman–Crippen LogP) is 0.213. The molecular formula is C11H16N4O2. The van der Waals surface area contributed by atoms with Crippen LogP contribution in [-0.2, 0) is 16.0 Å². The Bertz CT molecular complexity index is 440. The first-order chi connectivity index (χ1) is 8.09. The number of anilines is 1. The average molecular weight is 236 g/mol. The molecule has 0 saturated heterocycles. The topological polar surface area (TPSA) is 78.1 Å². The summed E-state index contributed by atoms with van der Waals surface area (Å²) >= 11 is 0. The highest BCUT2D eigenvalue weighted by Gasteiger charge is 2.27. The molecule has 6 heteroatoms. The quantitative estimate of drug-likeness (QED) is 0.770. The standard InChI is InChI=1S/C11H16N4O2/c1-7(13-8(2)16)11(17)15-5-3-4-9-10(15)6-12-14-9/h6-7H,3-5H2,1-2H3,(H,12,14)(H,13,16). The molecule has 17 heavy (non-hydrogen) atoms. The maximum absolute atomic E-state index is 12.2. The van der Waals surface area contributed by atoms with Crippen LogP contribution in [0.5, 0.6) is 0 Å². The predicted molar refractivity (Wildman–Crippen MR) is 62.5 cm³/mol. The number of aromatic nitrogens is 2. The Morgan fingerprint density at radius 2 is 2.35 bits per heavy atom. The summed E-state index contributed by atoms with van der Waals surface area (Å²) in [5.74, 6) is -0.294. The number of nitrogens with one attached hydrogen (secondary N) is 2. The Hall–Kier alpha value is -1.85. The summed E-state index contributed by atoms with van der Waals surface area (Å²) in [6, 6.07) is -0.506. The summed E-state index contributed by atoms with van der Waals surface area (Å²) in [6.07, 6.45) is 3.48. The van der Waals surface area contributed by atoms with Crippen molar-refractivity contribution in [1.29, 1.82) is 0 Å². The van der Waals surface area contributed by atoms with Crippen molar-refractivity contribution in [3.63, 3.8) is 0 Å². The van der Waals surface area contributed by atoms with Gasteiger partial charge in [0.15, 0.2) is 0 Å². The maximum Gasteiger partial charge on any atom is 0.249 e. The van der Waals surface area contributed by atoms with Crippen molar-refractivity contribution in [1.82, 2.24) is 15.5 Å². The van der Waals surface area contributed by atoms with Crippen LogP contribution in [-0.4, -0.2) is 34.6 Å². The van der Waals surface area contributed by atoms with Crippen molar-refractivity contribution in [3.05, 3.63) is 11.9 Å². The van der Waals surface area contributed by atoms with Crippen molar-refractivity contribution in [3.8, 4) is 0 Å². The fourth-order valence-electron chi connectivity index (χ4n) is 2.09. The van der Waals surface area contributed by atoms with E-state index in [1.54, 1.807) is 18.0 Å². The van der Waals surface area contributed by atoms with Crippen LogP contribution in [0.2, 0.25) is 0 Å². The summed E-state index contributed by atoms with van der Waals surface area (Å²) in [6.45, 7) is 3.77. The van der Waals surface area contributed by atoms with Crippen LogP contribution >= 0.6 is 0 Å². The lowest BCUT2D eigenvalue weighted by molar-refractivity contribution is -0.126. The van der Waals surface area contributed by atoms with Crippen molar-refractivity contribution in [2.75, 3.05) is 11.4 Å². The van der Waals surface area contributed by atoms with Gasteiger partial charge in [-0.3, -0.25) is 14.7 Å². The summed E-state index contributed by atoms with van der Waals surface area (Å²) in [7, 11) is 0. The molecule has 1 aliphatic heterocycles. The van der Waals surface area contributed by atoms with Crippen LogP contribution in [0, 0.1) is 0 Å². The number of amides is 2. The zero-order valence-corrected chi connectivity index (χ0v) is 9.99. The van der Waals surface area contributed by atoms with Crippen molar-refractivity contribution < 1.29 is 9.59 Å². The van der Waals surface area contributed by atoms with E-state index in [1.807, 2.05) is 0 Å². The minimum atomic E-state index is -0.506. The molecule has 0 radical (unpaired) electrons. The Morgan fingerprint density at radius 3 is 3.06 bits per heavy atom. The third kappa shape index (κ3) is 2.30. The van der Waals surface area contributed by atoms with Crippen molar-refractivity contribution in [2.24, 2.45) is 0 Å². The van der Waals surface area contributed by atoms with Gasteiger partial charge in [0, 0.05) is 13.5 Å². The summed E-state index contributed by atoms with van der Waals surface area (Å²) in [5, 5.41) is 9.44. The maximum atomic E-state index is 12.2. The van der Waals surface area contributed by atoms with Gasteiger partial charge < -0.3 is 10.2 Å². The van der Waals surface area contributed by atoms with Crippen molar-refractivity contribution in [2.45, 2.75) is 32.7 Å². The van der Waals surface area contributed by atoms with Crippen LogP contribution in [0.15, 0.2) is 6.20 Å². The summed E-state index contributed by atoms with van der Waals surface area (Å²) in [5.41, 5.74) is 1.82. The lowest BCUT2D eigenvalue weighted by Crippen LogP contribution is -2.48. The summed E-state index contributed by atoms with van der Waals surface area (Å²) in [4.78, 5) is 24.8. The first-order valence-electron chi connectivity index (χ1n) is 5.70. The van der Waals surface area contributed by atoms with Gasteiger partial charge in [-0.25, -0.2) is 0 Å². The van der Waals surface area contributed by atoms with Gasteiger partial charge >= 0.3 is 0 Å². The van der Waals surface area contributed by atoms with E-state index in [2.05, 4.69) is 15.5 Å². The van der Waals surface area contributed by atoms with Gasteiger partial charge in [-0.05, 0) is 19.8 Å². The van der Waals surface area contributed by atoms with Crippen molar-refractivity contribution >= 4 is 17.5 Å². The molecule has 0 bridgehead atoms. The fourth-order valence-corrected chi connectivity index (χ4v) is 2.09. The number of hydrogen-bond donors (Lipinski definition) is 2. The van der Waals surface area contributed by atoms with E-state index in [9.17, 15) is 9.59 Å². The second-order valence-corrected chi connectivity index (χ2v) is 4.25. The third-order valence-electron chi connectivity index (χ3n) is 2.85. The van der Waals surface area contributed by atoms with E-state index < -0.39 is 6.04 Å². The number of nitrogens with zero attached hydrogens (tertiary/aromatic N) is 2. The number of carbonyl (C=O) groups is 2. The lowest BCUT2D eigenvalue weighted by atomic mass is 10.1. The molecule has 0 aromatic carbocycles. The van der Waals surface area contributed by atoms with E-state index in [-0.39, 0.29) is 11.8 Å².